The molecule has 2 N–H and O–H groups in total. The molecule has 0 unspecified atom stereocenters. The van der Waals surface area contributed by atoms with Gasteiger partial charge in [-0.25, -0.2) is 8.42 Å². The molecule has 0 spiro atoms. The van der Waals surface area contributed by atoms with Crippen LogP contribution in [0.2, 0.25) is 0 Å². The van der Waals surface area contributed by atoms with Gasteiger partial charge in [-0.15, -0.1) is 0 Å². The lowest BCUT2D eigenvalue weighted by Gasteiger charge is -2.34. The largest absolute Gasteiger partial charge is 0.368 e. The average molecular weight is 366 g/mol. The number of benzene rings is 3. The first-order valence-electron chi connectivity index (χ1n) is 8.33. The molecule has 5 nitrogen and oxygen atoms in total. The van der Waals surface area contributed by atoms with Crippen molar-refractivity contribution in [2.45, 2.75) is 23.9 Å². The number of carbonyl (C=O) groups excluding carboxylic acids is 1. The molecule has 1 aliphatic heterocycles. The number of carbonyl (C=O) groups is 1. The highest BCUT2D eigenvalue weighted by atomic mass is 32.2. The Balaban J connectivity index is 1.81. The van der Waals surface area contributed by atoms with E-state index in [1.54, 1.807) is 18.2 Å². The summed E-state index contributed by atoms with van der Waals surface area (Å²) in [6.07, 6.45) is 0.290. The zero-order valence-corrected chi connectivity index (χ0v) is 14.8. The monoisotopic (exact) mass is 366 g/mol. The van der Waals surface area contributed by atoms with Crippen molar-refractivity contribution >= 4 is 26.7 Å². The minimum atomic E-state index is -3.86. The molecule has 26 heavy (non-hydrogen) atoms. The number of sulfonamides is 1. The van der Waals surface area contributed by atoms with E-state index in [0.717, 1.165) is 21.9 Å². The third kappa shape index (κ3) is 2.77. The van der Waals surface area contributed by atoms with Gasteiger partial charge in [-0.2, -0.15) is 4.31 Å². The lowest BCUT2D eigenvalue weighted by molar-refractivity contribution is -0.122. The molecule has 3 aromatic rings. The highest BCUT2D eigenvalue weighted by Crippen LogP contribution is 2.30. The molecule has 0 bridgehead atoms. The van der Waals surface area contributed by atoms with Crippen LogP contribution in [0.5, 0.6) is 0 Å². The number of nitrogens with two attached hydrogens (primary N) is 1. The van der Waals surface area contributed by atoms with Crippen LogP contribution in [-0.4, -0.2) is 24.7 Å². The molecule has 0 aromatic heterocycles. The van der Waals surface area contributed by atoms with E-state index in [1.807, 2.05) is 48.5 Å². The third-order valence-corrected chi connectivity index (χ3v) is 6.71. The number of hydrogen-bond donors (Lipinski definition) is 1. The molecule has 4 rings (SSSR count). The fourth-order valence-electron chi connectivity index (χ4n) is 3.46. The molecular weight excluding hydrogens is 348 g/mol. The van der Waals surface area contributed by atoms with Gasteiger partial charge in [0.15, 0.2) is 0 Å². The Morgan fingerprint density at radius 2 is 1.58 bits per heavy atom. The minimum absolute atomic E-state index is 0.138. The van der Waals surface area contributed by atoms with Crippen molar-refractivity contribution in [1.82, 2.24) is 4.31 Å². The van der Waals surface area contributed by atoms with Gasteiger partial charge in [-0.3, -0.25) is 4.79 Å². The number of nitrogens with zero attached hydrogens (tertiary/aromatic N) is 1. The van der Waals surface area contributed by atoms with Gasteiger partial charge in [-0.05, 0) is 40.5 Å². The highest BCUT2D eigenvalue weighted by Gasteiger charge is 2.38. The van der Waals surface area contributed by atoms with Crippen LogP contribution in [0, 0.1) is 0 Å². The van der Waals surface area contributed by atoms with Crippen molar-refractivity contribution in [2.75, 3.05) is 0 Å². The normalized spacial score (nSPS) is 17.8. The molecule has 1 amide bonds. The van der Waals surface area contributed by atoms with Crippen molar-refractivity contribution in [1.29, 1.82) is 0 Å². The number of hydrogen-bond acceptors (Lipinski definition) is 3. The molecule has 132 valence electrons. The van der Waals surface area contributed by atoms with Crippen molar-refractivity contribution in [3.63, 3.8) is 0 Å². The quantitative estimate of drug-likeness (QED) is 0.773. The van der Waals surface area contributed by atoms with E-state index >= 15 is 0 Å². The summed E-state index contributed by atoms with van der Waals surface area (Å²) in [5, 5.41) is 1.79. The highest BCUT2D eigenvalue weighted by molar-refractivity contribution is 7.89. The standard InChI is InChI=1S/C20H18N2O3S/c21-20(23)19-12-16-7-3-4-8-17(16)13-22(19)26(24,25)18-10-9-14-5-1-2-6-15(14)11-18/h1-11,19H,12-13H2,(H2,21,23)/t19-/m0/s1. The maximum atomic E-state index is 13.3. The molecule has 0 aliphatic carbocycles. The van der Waals surface area contributed by atoms with E-state index in [4.69, 9.17) is 5.73 Å². The van der Waals surface area contributed by atoms with E-state index in [0.29, 0.717) is 0 Å². The van der Waals surface area contributed by atoms with Crippen LogP contribution in [0.25, 0.3) is 10.8 Å². The van der Waals surface area contributed by atoms with Crippen LogP contribution >= 0.6 is 0 Å². The first-order chi connectivity index (χ1) is 12.5. The molecule has 6 heteroatoms. The Kier molecular flexibility index (Phi) is 4.01. The Morgan fingerprint density at radius 3 is 2.31 bits per heavy atom. The second-order valence-corrected chi connectivity index (χ2v) is 8.34. The Hall–Kier alpha value is -2.70. The summed E-state index contributed by atoms with van der Waals surface area (Å²) in [5.74, 6) is -0.635. The second kappa shape index (κ2) is 6.23. The van der Waals surface area contributed by atoms with Crippen LogP contribution in [0.1, 0.15) is 11.1 Å². The Morgan fingerprint density at radius 1 is 0.923 bits per heavy atom. The van der Waals surface area contributed by atoms with E-state index in [1.165, 1.54) is 4.31 Å². The number of amides is 1. The number of fused-ring (bicyclic) bond motifs is 2. The predicted octanol–water partition coefficient (Wildman–Crippen LogP) is 2.44. The summed E-state index contributed by atoms with van der Waals surface area (Å²) in [6.45, 7) is 0.138. The van der Waals surface area contributed by atoms with Crippen molar-refractivity contribution in [2.24, 2.45) is 5.73 Å². The number of primary amides is 1. The summed E-state index contributed by atoms with van der Waals surface area (Å²) in [6, 6.07) is 19.2. The van der Waals surface area contributed by atoms with Crippen LogP contribution < -0.4 is 5.73 Å². The van der Waals surface area contributed by atoms with Gasteiger partial charge in [-0.1, -0.05) is 54.6 Å². The van der Waals surface area contributed by atoms with E-state index < -0.39 is 22.0 Å². The maximum Gasteiger partial charge on any atom is 0.244 e. The van der Waals surface area contributed by atoms with Gasteiger partial charge in [0.2, 0.25) is 15.9 Å². The summed E-state index contributed by atoms with van der Waals surface area (Å²) in [7, 11) is -3.86. The first-order valence-corrected chi connectivity index (χ1v) is 9.77. The van der Waals surface area contributed by atoms with Gasteiger partial charge < -0.3 is 5.73 Å². The van der Waals surface area contributed by atoms with Crippen LogP contribution in [0.4, 0.5) is 0 Å². The first kappa shape index (κ1) is 16.8. The molecule has 0 saturated heterocycles. The van der Waals surface area contributed by atoms with Gasteiger partial charge in [0, 0.05) is 6.54 Å². The topological polar surface area (TPSA) is 80.5 Å². The molecule has 0 radical (unpaired) electrons. The zero-order chi connectivity index (χ0) is 18.3. The Labute approximate surface area is 152 Å². The smallest absolute Gasteiger partial charge is 0.244 e. The SMILES string of the molecule is NC(=O)[C@@H]1Cc2ccccc2CN1S(=O)(=O)c1ccc2ccccc2c1. The lowest BCUT2D eigenvalue weighted by Crippen LogP contribution is -2.50. The van der Waals surface area contributed by atoms with Crippen molar-refractivity contribution in [3.05, 3.63) is 77.9 Å². The summed E-state index contributed by atoms with van der Waals surface area (Å²) in [5.41, 5.74) is 7.39. The molecule has 1 atom stereocenters. The summed E-state index contributed by atoms with van der Waals surface area (Å²) >= 11 is 0. The van der Waals surface area contributed by atoms with Gasteiger partial charge >= 0.3 is 0 Å². The van der Waals surface area contributed by atoms with Gasteiger partial charge in [0.1, 0.15) is 6.04 Å². The molecule has 1 aliphatic rings. The fraction of sp³-hybridized carbons (Fsp3) is 0.150. The van der Waals surface area contributed by atoms with Gasteiger partial charge in [0.05, 0.1) is 4.90 Å². The molecule has 0 fully saturated rings. The zero-order valence-electron chi connectivity index (χ0n) is 14.0. The van der Waals surface area contributed by atoms with E-state index in [2.05, 4.69) is 0 Å². The Bertz CT molecular complexity index is 1110. The van der Waals surface area contributed by atoms with Gasteiger partial charge in [0.25, 0.3) is 0 Å². The molecular formula is C20H18N2O3S. The molecule has 1 heterocycles. The predicted molar refractivity (Wildman–Crippen MR) is 99.8 cm³/mol. The van der Waals surface area contributed by atoms with E-state index in [-0.39, 0.29) is 17.9 Å². The lowest BCUT2D eigenvalue weighted by atomic mass is 9.96. The maximum absolute atomic E-state index is 13.3. The number of rotatable bonds is 3. The fourth-order valence-corrected chi connectivity index (χ4v) is 5.07. The van der Waals surface area contributed by atoms with Crippen LogP contribution in [0.15, 0.2) is 71.6 Å². The average Bonchev–Trinajstić information content (AvgIpc) is 2.66. The minimum Gasteiger partial charge on any atom is -0.368 e. The third-order valence-electron chi connectivity index (χ3n) is 4.86. The summed E-state index contributed by atoms with van der Waals surface area (Å²) in [4.78, 5) is 12.1. The van der Waals surface area contributed by atoms with Crippen LogP contribution in [0.3, 0.4) is 0 Å². The summed E-state index contributed by atoms with van der Waals surface area (Å²) < 4.78 is 27.8. The second-order valence-electron chi connectivity index (χ2n) is 6.45. The van der Waals surface area contributed by atoms with E-state index in [9.17, 15) is 13.2 Å². The van der Waals surface area contributed by atoms with Crippen molar-refractivity contribution in [3.8, 4) is 0 Å². The van der Waals surface area contributed by atoms with Crippen molar-refractivity contribution < 1.29 is 13.2 Å². The molecule has 3 aromatic carbocycles. The molecule has 0 saturated carbocycles. The van der Waals surface area contributed by atoms with Crippen LogP contribution in [-0.2, 0) is 27.8 Å².